The number of hydrogen-bond donors (Lipinski definition) is 3. The minimum Gasteiger partial charge on any atom is -0.379 e. The Kier molecular flexibility index (Phi) is 6.25. The van der Waals surface area contributed by atoms with Gasteiger partial charge in [-0.05, 0) is 64.8 Å². The molecule has 10 heteroatoms. The number of aromatic nitrogens is 1. The van der Waals surface area contributed by atoms with Crippen LogP contribution in [0.3, 0.4) is 0 Å². The molecule has 0 radical (unpaired) electrons. The van der Waals surface area contributed by atoms with Crippen molar-refractivity contribution in [3.63, 3.8) is 0 Å². The predicted octanol–water partition coefficient (Wildman–Crippen LogP) is 2.18. The Morgan fingerprint density at radius 2 is 2.03 bits per heavy atom. The summed E-state index contributed by atoms with van der Waals surface area (Å²) in [4.78, 5) is 29.1. The molecule has 1 amide bonds. The molecule has 1 aromatic heterocycles. The molecule has 2 aliphatic heterocycles. The van der Waals surface area contributed by atoms with Gasteiger partial charge in [0.25, 0.3) is 5.91 Å². The number of nitrogens with zero attached hydrogens (tertiary/aromatic N) is 5. The van der Waals surface area contributed by atoms with Crippen LogP contribution in [-0.4, -0.2) is 77.3 Å². The zero-order valence-corrected chi connectivity index (χ0v) is 19.8. The Morgan fingerprint density at radius 1 is 1.24 bits per heavy atom. The normalized spacial score (nSPS) is 28.2. The summed E-state index contributed by atoms with van der Waals surface area (Å²) < 4.78 is 0. The lowest BCUT2D eigenvalue weighted by Gasteiger charge is -2.34. The van der Waals surface area contributed by atoms with E-state index in [4.69, 9.17) is 16.6 Å². The number of aliphatic imine (C=N–C) groups is 2. The summed E-state index contributed by atoms with van der Waals surface area (Å²) in [6.45, 7) is 0.373. The summed E-state index contributed by atoms with van der Waals surface area (Å²) in [7, 11) is 4.30. The molecule has 0 spiro atoms. The molecule has 5 rings (SSSR count). The first-order valence-corrected chi connectivity index (χ1v) is 12.1. The first-order valence-electron chi connectivity index (χ1n) is 11.7. The number of nitrogens with one attached hydrogen (secondary N) is 3. The van der Waals surface area contributed by atoms with Gasteiger partial charge in [-0.15, -0.1) is 0 Å². The fraction of sp³-hybridized carbons (Fsp3) is 0.565. The Bertz CT molecular complexity index is 994. The molecule has 33 heavy (non-hydrogen) atoms. The zero-order valence-electron chi connectivity index (χ0n) is 19.1. The van der Waals surface area contributed by atoms with Gasteiger partial charge < -0.3 is 15.5 Å². The molecule has 3 N–H and O–H groups in total. The van der Waals surface area contributed by atoms with Crippen LogP contribution in [0.25, 0.3) is 0 Å². The van der Waals surface area contributed by atoms with Gasteiger partial charge in [0.05, 0.1) is 18.3 Å². The van der Waals surface area contributed by atoms with Crippen LogP contribution < -0.4 is 16.1 Å². The van der Waals surface area contributed by atoms with E-state index in [2.05, 4.69) is 51.1 Å². The van der Waals surface area contributed by atoms with Gasteiger partial charge >= 0.3 is 0 Å². The maximum Gasteiger partial charge on any atom is 0.251 e. The Balaban J connectivity index is 1.32. The van der Waals surface area contributed by atoms with Crippen molar-refractivity contribution in [2.45, 2.75) is 62.7 Å². The monoisotopic (exact) mass is 470 g/mol. The number of carbonyl (C=O) groups excluding carboxylic acids is 1. The second-order valence-electron chi connectivity index (χ2n) is 9.44. The van der Waals surface area contributed by atoms with Crippen LogP contribution in [0, 0.1) is 0 Å². The van der Waals surface area contributed by atoms with E-state index in [-0.39, 0.29) is 11.9 Å². The summed E-state index contributed by atoms with van der Waals surface area (Å²) in [6, 6.07) is 4.27. The van der Waals surface area contributed by atoms with Gasteiger partial charge in [0.15, 0.2) is 11.9 Å². The topological polar surface area (TPSA) is 97.2 Å². The van der Waals surface area contributed by atoms with Crippen LogP contribution in [0.4, 0.5) is 5.69 Å². The molecular formula is C23H31ClN8O. The lowest BCUT2D eigenvalue weighted by molar-refractivity contribution is -0.119. The van der Waals surface area contributed by atoms with Crippen LogP contribution in [0.15, 0.2) is 40.1 Å². The van der Waals surface area contributed by atoms with E-state index in [1.165, 1.54) is 0 Å². The van der Waals surface area contributed by atoms with Crippen LogP contribution in [0.2, 0.25) is 5.15 Å². The average Bonchev–Trinajstić information content (AvgIpc) is 3.49. The number of hydrogen-bond acceptors (Lipinski definition) is 7. The van der Waals surface area contributed by atoms with E-state index in [1.54, 1.807) is 18.3 Å². The first-order chi connectivity index (χ1) is 16.0. The molecule has 2 saturated carbocycles. The highest BCUT2D eigenvalue weighted by molar-refractivity contribution is 6.29. The molecule has 2 aliphatic carbocycles. The molecular weight excluding hydrogens is 440 g/mol. The number of anilines is 1. The van der Waals surface area contributed by atoms with Crippen molar-refractivity contribution in [3.8, 4) is 0 Å². The number of rotatable bonds is 6. The summed E-state index contributed by atoms with van der Waals surface area (Å²) in [5.41, 5.74) is 4.93. The quantitative estimate of drug-likeness (QED) is 0.551. The van der Waals surface area contributed by atoms with Crippen LogP contribution in [0.5, 0.6) is 0 Å². The highest BCUT2D eigenvalue weighted by Crippen LogP contribution is 2.27. The first kappa shape index (κ1) is 22.2. The zero-order chi connectivity index (χ0) is 22.9. The van der Waals surface area contributed by atoms with E-state index in [1.807, 2.05) is 5.01 Å². The van der Waals surface area contributed by atoms with Gasteiger partial charge in [0.1, 0.15) is 11.0 Å². The number of amidine groups is 2. The van der Waals surface area contributed by atoms with E-state index in [0.29, 0.717) is 29.5 Å². The molecule has 2 fully saturated rings. The van der Waals surface area contributed by atoms with Crippen molar-refractivity contribution >= 4 is 34.9 Å². The minimum atomic E-state index is -0.480. The van der Waals surface area contributed by atoms with Crippen LogP contribution in [0.1, 0.15) is 38.5 Å². The largest absolute Gasteiger partial charge is 0.379 e. The smallest absolute Gasteiger partial charge is 0.251 e. The number of pyridine rings is 1. The van der Waals surface area contributed by atoms with E-state index in [9.17, 15) is 4.79 Å². The SMILES string of the molecule is CN(C)C1CCC(N=C2C=C(NC3CC3)C3=NCC(C(=O)Nc4ccnc(Cl)c4)N3N2)CC1. The van der Waals surface area contributed by atoms with Gasteiger partial charge in [0, 0.05) is 30.0 Å². The van der Waals surface area contributed by atoms with Gasteiger partial charge in [-0.3, -0.25) is 25.2 Å². The van der Waals surface area contributed by atoms with Crippen LogP contribution >= 0.6 is 11.6 Å². The lowest BCUT2D eigenvalue weighted by atomic mass is 9.91. The average molecular weight is 471 g/mol. The number of carbonyl (C=O) groups is 1. The number of amides is 1. The molecule has 176 valence electrons. The molecule has 0 bridgehead atoms. The third-order valence-electron chi connectivity index (χ3n) is 6.66. The summed E-state index contributed by atoms with van der Waals surface area (Å²) in [5, 5.41) is 8.70. The van der Waals surface area contributed by atoms with Gasteiger partial charge in [-0.2, -0.15) is 0 Å². The molecule has 1 aromatic rings. The third kappa shape index (κ3) is 5.14. The van der Waals surface area contributed by atoms with Crippen molar-refractivity contribution in [1.82, 2.24) is 25.6 Å². The number of halogens is 1. The predicted molar refractivity (Wildman–Crippen MR) is 130 cm³/mol. The van der Waals surface area contributed by atoms with Crippen molar-refractivity contribution < 1.29 is 4.79 Å². The fourth-order valence-electron chi connectivity index (χ4n) is 4.61. The Labute approximate surface area is 199 Å². The molecule has 0 aromatic carbocycles. The van der Waals surface area contributed by atoms with Gasteiger partial charge in [-0.25, -0.2) is 4.98 Å². The van der Waals surface area contributed by atoms with E-state index >= 15 is 0 Å². The summed E-state index contributed by atoms with van der Waals surface area (Å²) in [5.74, 6) is 1.41. The number of hydrazine groups is 1. The highest BCUT2D eigenvalue weighted by atomic mass is 35.5. The van der Waals surface area contributed by atoms with Crippen molar-refractivity contribution in [1.29, 1.82) is 0 Å². The fourth-order valence-corrected chi connectivity index (χ4v) is 4.78. The van der Waals surface area contributed by atoms with Crippen molar-refractivity contribution in [2.24, 2.45) is 9.98 Å². The molecule has 3 heterocycles. The Morgan fingerprint density at radius 3 is 2.73 bits per heavy atom. The molecule has 1 unspecified atom stereocenters. The summed E-state index contributed by atoms with van der Waals surface area (Å²) in [6.07, 6.45) is 10.4. The van der Waals surface area contributed by atoms with Crippen molar-refractivity contribution in [3.05, 3.63) is 35.3 Å². The third-order valence-corrected chi connectivity index (χ3v) is 6.87. The second-order valence-corrected chi connectivity index (χ2v) is 9.82. The minimum absolute atomic E-state index is 0.151. The standard InChI is InChI=1S/C23H31ClN8O/c1-31(2)17-7-5-15(6-8-17)28-21-12-18(27-14-3-4-14)22-26-13-19(32(22)30-21)23(33)29-16-9-10-25-20(24)11-16/h9-12,14-15,17,19,27H,3-8,13H2,1-2H3,(H,28,30)(H,25,29,33). The molecule has 9 nitrogen and oxygen atoms in total. The lowest BCUT2D eigenvalue weighted by Crippen LogP contribution is -2.57. The summed E-state index contributed by atoms with van der Waals surface area (Å²) >= 11 is 5.97. The number of fused-ring (bicyclic) bond motifs is 1. The maximum atomic E-state index is 13.1. The molecule has 1 atom stereocenters. The Hall–Kier alpha value is -2.65. The highest BCUT2D eigenvalue weighted by Gasteiger charge is 2.39. The van der Waals surface area contributed by atoms with Gasteiger partial charge in [-0.1, -0.05) is 11.6 Å². The maximum absolute atomic E-state index is 13.1. The van der Waals surface area contributed by atoms with E-state index in [0.717, 1.165) is 55.9 Å². The van der Waals surface area contributed by atoms with Crippen LogP contribution in [-0.2, 0) is 4.79 Å². The molecule has 4 aliphatic rings. The van der Waals surface area contributed by atoms with Gasteiger partial charge in [0.2, 0.25) is 0 Å². The van der Waals surface area contributed by atoms with Crippen molar-refractivity contribution in [2.75, 3.05) is 26.0 Å². The van der Waals surface area contributed by atoms with E-state index < -0.39 is 6.04 Å². The molecule has 0 saturated heterocycles. The second kappa shape index (κ2) is 9.30.